The number of aromatic nitrogens is 1. The maximum Gasteiger partial charge on any atom is 0.421 e. The Labute approximate surface area is 112 Å². The Balaban J connectivity index is 0.000000192. The molecule has 2 aromatic rings. The highest BCUT2D eigenvalue weighted by Crippen LogP contribution is 2.07. The normalized spacial score (nSPS) is 9.68. The summed E-state index contributed by atoms with van der Waals surface area (Å²) in [7, 11) is 0. The Morgan fingerprint density at radius 3 is 2.63 bits per heavy atom. The number of rotatable bonds is 2. The van der Waals surface area contributed by atoms with Crippen LogP contribution in [-0.4, -0.2) is 17.7 Å². The van der Waals surface area contributed by atoms with Crippen LogP contribution in [-0.2, 0) is 4.74 Å². The van der Waals surface area contributed by atoms with E-state index in [1.54, 1.807) is 0 Å². The van der Waals surface area contributed by atoms with E-state index in [0.29, 0.717) is 12.5 Å². The Morgan fingerprint density at radius 2 is 2.00 bits per heavy atom. The van der Waals surface area contributed by atoms with E-state index in [2.05, 4.69) is 21.9 Å². The predicted octanol–water partition coefficient (Wildman–Crippen LogP) is 2.48. The number of nitrogens with zero attached hydrogens (tertiary/aromatic N) is 1. The molecule has 0 saturated carbocycles. The fourth-order valence-electron chi connectivity index (χ4n) is 1.30. The monoisotopic (exact) mass is 261 g/mol. The molecule has 0 radical (unpaired) electrons. The first kappa shape index (κ1) is 14.9. The van der Waals surface area contributed by atoms with E-state index in [4.69, 9.17) is 5.84 Å². The Hall–Kier alpha value is -2.14. The number of amides is 1. The van der Waals surface area contributed by atoms with Crippen molar-refractivity contribution in [3.05, 3.63) is 42.6 Å². The number of pyridine rings is 1. The summed E-state index contributed by atoms with van der Waals surface area (Å²) in [6.07, 6.45) is 1.23. The van der Waals surface area contributed by atoms with Crippen molar-refractivity contribution in [3.63, 3.8) is 0 Å². The molecule has 0 spiro atoms. The van der Waals surface area contributed by atoms with E-state index in [-0.39, 0.29) is 0 Å². The molecule has 102 valence electrons. The SMILES string of the molecule is CC(C)COC(=O)NN.c1ccc2ncccc2c1. The van der Waals surface area contributed by atoms with Crippen molar-refractivity contribution in [2.75, 3.05) is 6.61 Å². The first-order valence-corrected chi connectivity index (χ1v) is 6.06. The molecule has 0 aliphatic carbocycles. The van der Waals surface area contributed by atoms with Gasteiger partial charge in [0, 0.05) is 11.6 Å². The lowest BCUT2D eigenvalue weighted by Crippen LogP contribution is -2.31. The van der Waals surface area contributed by atoms with Crippen molar-refractivity contribution < 1.29 is 9.53 Å². The lowest BCUT2D eigenvalue weighted by Gasteiger charge is -2.04. The number of fused-ring (bicyclic) bond motifs is 1. The third-order valence-electron chi connectivity index (χ3n) is 2.18. The van der Waals surface area contributed by atoms with Gasteiger partial charge in [0.1, 0.15) is 0 Å². The highest BCUT2D eigenvalue weighted by atomic mass is 16.5. The van der Waals surface area contributed by atoms with Gasteiger partial charge in [0.25, 0.3) is 0 Å². The van der Waals surface area contributed by atoms with Crippen molar-refractivity contribution in [2.45, 2.75) is 13.8 Å². The molecule has 1 heterocycles. The van der Waals surface area contributed by atoms with E-state index in [9.17, 15) is 4.79 Å². The number of ether oxygens (including phenoxy) is 1. The standard InChI is InChI=1S/C9H7N.C5H12N2O2/c1-2-6-9-8(4-1)5-3-7-10-9;1-4(2)3-9-5(8)7-6/h1-7H;4H,3,6H2,1-2H3,(H,7,8). The molecule has 5 nitrogen and oxygen atoms in total. The predicted molar refractivity (Wildman–Crippen MR) is 75.3 cm³/mol. The van der Waals surface area contributed by atoms with E-state index >= 15 is 0 Å². The first-order valence-electron chi connectivity index (χ1n) is 6.06. The minimum atomic E-state index is -0.580. The molecule has 0 bridgehead atoms. The second kappa shape index (κ2) is 8.05. The molecule has 0 fully saturated rings. The Kier molecular flexibility index (Phi) is 6.32. The molecule has 1 amide bonds. The van der Waals surface area contributed by atoms with Gasteiger partial charge in [-0.1, -0.05) is 38.1 Å². The summed E-state index contributed by atoms with van der Waals surface area (Å²) >= 11 is 0. The van der Waals surface area contributed by atoms with Gasteiger partial charge in [-0.2, -0.15) is 0 Å². The van der Waals surface area contributed by atoms with Crippen molar-refractivity contribution in [3.8, 4) is 0 Å². The average molecular weight is 261 g/mol. The van der Waals surface area contributed by atoms with Crippen molar-refractivity contribution in [1.82, 2.24) is 10.4 Å². The van der Waals surface area contributed by atoms with Crippen LogP contribution in [0.1, 0.15) is 13.8 Å². The molecule has 1 aromatic heterocycles. The number of hydrazine groups is 1. The molecule has 0 aliphatic heterocycles. The van der Waals surface area contributed by atoms with Gasteiger partial charge in [-0.3, -0.25) is 10.4 Å². The summed E-state index contributed by atoms with van der Waals surface area (Å²) in [6.45, 7) is 4.30. The summed E-state index contributed by atoms with van der Waals surface area (Å²) in [5, 5.41) is 1.20. The second-order valence-corrected chi connectivity index (χ2v) is 4.33. The van der Waals surface area contributed by atoms with Crippen LogP contribution in [0.25, 0.3) is 10.9 Å². The maximum atomic E-state index is 10.3. The van der Waals surface area contributed by atoms with E-state index < -0.39 is 6.09 Å². The zero-order valence-corrected chi connectivity index (χ0v) is 11.2. The Bertz CT molecular complexity index is 449. The molecule has 5 heteroatoms. The van der Waals surface area contributed by atoms with Crippen molar-refractivity contribution in [1.29, 1.82) is 0 Å². The summed E-state index contributed by atoms with van der Waals surface area (Å²) in [5.74, 6) is 5.08. The number of benzene rings is 1. The van der Waals surface area contributed by atoms with Crippen molar-refractivity contribution in [2.24, 2.45) is 11.8 Å². The topological polar surface area (TPSA) is 77.2 Å². The van der Waals surface area contributed by atoms with Gasteiger partial charge in [0.2, 0.25) is 0 Å². The average Bonchev–Trinajstić information content (AvgIpc) is 2.45. The number of hydrogen-bond acceptors (Lipinski definition) is 4. The summed E-state index contributed by atoms with van der Waals surface area (Å²) in [4.78, 5) is 14.4. The van der Waals surface area contributed by atoms with E-state index in [1.165, 1.54) is 5.39 Å². The third-order valence-corrected chi connectivity index (χ3v) is 2.18. The van der Waals surface area contributed by atoms with Crippen LogP contribution in [0, 0.1) is 5.92 Å². The zero-order valence-electron chi connectivity index (χ0n) is 11.2. The van der Waals surface area contributed by atoms with Crippen LogP contribution in [0.5, 0.6) is 0 Å². The third kappa shape index (κ3) is 5.83. The number of carbonyl (C=O) groups excluding carboxylic acids is 1. The van der Waals surface area contributed by atoms with E-state index in [0.717, 1.165) is 5.52 Å². The van der Waals surface area contributed by atoms with Crippen LogP contribution in [0.3, 0.4) is 0 Å². The molecule has 0 aliphatic rings. The minimum absolute atomic E-state index is 0.349. The van der Waals surface area contributed by atoms with E-state index in [1.807, 2.05) is 49.7 Å². The van der Waals surface area contributed by atoms with Gasteiger partial charge in [-0.25, -0.2) is 10.6 Å². The smallest absolute Gasteiger partial charge is 0.421 e. The fourth-order valence-corrected chi connectivity index (χ4v) is 1.30. The van der Waals surface area contributed by atoms with Gasteiger partial charge >= 0.3 is 6.09 Å². The van der Waals surface area contributed by atoms with Crippen LogP contribution in [0.4, 0.5) is 4.79 Å². The van der Waals surface area contributed by atoms with Gasteiger partial charge in [-0.15, -0.1) is 0 Å². The fraction of sp³-hybridized carbons (Fsp3) is 0.286. The number of hydrogen-bond donors (Lipinski definition) is 2. The largest absolute Gasteiger partial charge is 0.448 e. The number of carbonyl (C=O) groups is 1. The lowest BCUT2D eigenvalue weighted by molar-refractivity contribution is 0.133. The number of nitrogens with two attached hydrogens (primary N) is 1. The number of nitrogens with one attached hydrogen (secondary N) is 1. The highest BCUT2D eigenvalue weighted by molar-refractivity contribution is 5.77. The molecule has 19 heavy (non-hydrogen) atoms. The van der Waals surface area contributed by atoms with Gasteiger partial charge in [0.05, 0.1) is 12.1 Å². The highest BCUT2D eigenvalue weighted by Gasteiger charge is 1.98. The van der Waals surface area contributed by atoms with Crippen molar-refractivity contribution >= 4 is 17.0 Å². The van der Waals surface area contributed by atoms with Gasteiger partial charge < -0.3 is 4.74 Å². The van der Waals surface area contributed by atoms with Gasteiger partial charge in [0.15, 0.2) is 0 Å². The quantitative estimate of drug-likeness (QED) is 0.494. The Morgan fingerprint density at radius 1 is 1.32 bits per heavy atom. The van der Waals surface area contributed by atoms with Crippen LogP contribution in [0.2, 0.25) is 0 Å². The molecule has 3 N–H and O–H groups in total. The molecule has 2 rings (SSSR count). The first-order chi connectivity index (χ1) is 9.13. The minimum Gasteiger partial charge on any atom is -0.448 e. The second-order valence-electron chi connectivity index (χ2n) is 4.33. The number of para-hydroxylation sites is 1. The van der Waals surface area contributed by atoms with Crippen LogP contribution in [0.15, 0.2) is 42.6 Å². The van der Waals surface area contributed by atoms with Crippen LogP contribution >= 0.6 is 0 Å². The molecule has 0 atom stereocenters. The maximum absolute atomic E-state index is 10.3. The molecule has 0 saturated heterocycles. The molecule has 0 unspecified atom stereocenters. The molecule has 1 aromatic carbocycles. The summed E-state index contributed by atoms with van der Waals surface area (Å²) in [6, 6.07) is 12.1. The summed E-state index contributed by atoms with van der Waals surface area (Å²) in [5.41, 5.74) is 2.92. The lowest BCUT2D eigenvalue weighted by atomic mass is 10.2. The molecular formula is C14H19N3O2. The molecular weight excluding hydrogens is 242 g/mol. The van der Waals surface area contributed by atoms with Crippen LogP contribution < -0.4 is 11.3 Å². The zero-order chi connectivity index (χ0) is 14.1. The van der Waals surface area contributed by atoms with Gasteiger partial charge in [-0.05, 0) is 18.1 Å². The summed E-state index contributed by atoms with van der Waals surface area (Å²) < 4.78 is 4.58.